The van der Waals surface area contributed by atoms with Crippen molar-refractivity contribution in [2.75, 3.05) is 0 Å². The first kappa shape index (κ1) is 13.1. The van der Waals surface area contributed by atoms with Gasteiger partial charge in [0.15, 0.2) is 0 Å². The molecule has 6 heteroatoms. The van der Waals surface area contributed by atoms with Crippen LogP contribution in [0.5, 0.6) is 0 Å². The number of nitrogens with one attached hydrogen (secondary N) is 1. The van der Waals surface area contributed by atoms with E-state index in [2.05, 4.69) is 10.3 Å². The van der Waals surface area contributed by atoms with Crippen LogP contribution in [0.1, 0.15) is 18.4 Å². The molecule has 1 rings (SSSR count). The van der Waals surface area contributed by atoms with Gasteiger partial charge in [-0.05, 0) is 24.1 Å². The lowest BCUT2D eigenvalue weighted by Crippen LogP contribution is -2.40. The molecule has 0 aliphatic carbocycles. The van der Waals surface area contributed by atoms with E-state index in [9.17, 15) is 9.59 Å². The zero-order chi connectivity index (χ0) is 12.7. The van der Waals surface area contributed by atoms with Crippen LogP contribution in [0, 0.1) is 0 Å². The average molecular weight is 236 g/mol. The van der Waals surface area contributed by atoms with E-state index >= 15 is 0 Å². The average Bonchev–Trinajstić information content (AvgIpc) is 2.34. The zero-order valence-electron chi connectivity index (χ0n) is 9.43. The Balaban J connectivity index is 2.32. The molecule has 0 spiro atoms. The topological polar surface area (TPSA) is 111 Å². The third-order valence-electron chi connectivity index (χ3n) is 2.25. The van der Waals surface area contributed by atoms with Gasteiger partial charge in [0.25, 0.3) is 0 Å². The molecule has 0 unspecified atom stereocenters. The van der Waals surface area contributed by atoms with Gasteiger partial charge < -0.3 is 16.8 Å². The summed E-state index contributed by atoms with van der Waals surface area (Å²) in [7, 11) is 0. The molecule has 0 aliphatic rings. The Bertz CT molecular complexity index is 380. The normalized spacial score (nSPS) is 11.8. The lowest BCUT2D eigenvalue weighted by Gasteiger charge is -2.11. The number of amides is 2. The highest BCUT2D eigenvalue weighted by atomic mass is 16.2. The standard InChI is InChI=1S/C11H16N4O2/c12-9(1-2-10(13)16)11(17)15-7-8-3-5-14-6-4-8/h3-6,9H,1-2,7,12H2,(H2,13,16)(H,15,17)/t9-/m0/s1. The molecule has 0 aromatic carbocycles. The predicted molar refractivity (Wildman–Crippen MR) is 62.5 cm³/mol. The maximum Gasteiger partial charge on any atom is 0.237 e. The van der Waals surface area contributed by atoms with Gasteiger partial charge in [0.2, 0.25) is 11.8 Å². The third-order valence-corrected chi connectivity index (χ3v) is 2.25. The lowest BCUT2D eigenvalue weighted by molar-refractivity contribution is -0.123. The number of carbonyl (C=O) groups excluding carboxylic acids is 2. The van der Waals surface area contributed by atoms with E-state index in [-0.39, 0.29) is 18.7 Å². The SMILES string of the molecule is NC(=O)CC[C@H](N)C(=O)NCc1ccncc1. The molecule has 1 atom stereocenters. The fourth-order valence-corrected chi connectivity index (χ4v) is 1.25. The van der Waals surface area contributed by atoms with Gasteiger partial charge >= 0.3 is 0 Å². The molecule has 5 N–H and O–H groups in total. The quantitative estimate of drug-likeness (QED) is 0.605. The third kappa shape index (κ3) is 5.07. The van der Waals surface area contributed by atoms with Gasteiger partial charge in [-0.3, -0.25) is 14.6 Å². The lowest BCUT2D eigenvalue weighted by atomic mass is 10.1. The summed E-state index contributed by atoms with van der Waals surface area (Å²) >= 11 is 0. The molecule has 2 amide bonds. The maximum absolute atomic E-state index is 11.5. The number of nitrogens with zero attached hydrogens (tertiary/aromatic N) is 1. The van der Waals surface area contributed by atoms with Crippen molar-refractivity contribution >= 4 is 11.8 Å². The van der Waals surface area contributed by atoms with Crippen LogP contribution in [0.3, 0.4) is 0 Å². The van der Waals surface area contributed by atoms with Crippen molar-refractivity contribution in [2.24, 2.45) is 11.5 Å². The summed E-state index contributed by atoms with van der Waals surface area (Å²) in [6.07, 6.45) is 3.67. The summed E-state index contributed by atoms with van der Waals surface area (Å²) < 4.78 is 0. The van der Waals surface area contributed by atoms with E-state index in [1.165, 1.54) is 0 Å². The van der Waals surface area contributed by atoms with Gasteiger partial charge in [0.1, 0.15) is 0 Å². The van der Waals surface area contributed by atoms with Crippen molar-refractivity contribution in [3.8, 4) is 0 Å². The van der Waals surface area contributed by atoms with E-state index in [0.29, 0.717) is 6.54 Å². The molecular weight excluding hydrogens is 220 g/mol. The highest BCUT2D eigenvalue weighted by molar-refractivity contribution is 5.82. The highest BCUT2D eigenvalue weighted by Crippen LogP contribution is 1.97. The number of primary amides is 1. The van der Waals surface area contributed by atoms with Crippen molar-refractivity contribution < 1.29 is 9.59 Å². The molecule has 0 saturated heterocycles. The van der Waals surface area contributed by atoms with E-state index in [1.807, 2.05) is 0 Å². The summed E-state index contributed by atoms with van der Waals surface area (Å²) in [6.45, 7) is 0.394. The van der Waals surface area contributed by atoms with Crippen LogP contribution in [0.4, 0.5) is 0 Å². The van der Waals surface area contributed by atoms with Crippen molar-refractivity contribution in [3.05, 3.63) is 30.1 Å². The summed E-state index contributed by atoms with van der Waals surface area (Å²) in [4.78, 5) is 25.9. The first-order chi connectivity index (χ1) is 8.09. The minimum Gasteiger partial charge on any atom is -0.370 e. The second-order valence-corrected chi connectivity index (χ2v) is 3.68. The van der Waals surface area contributed by atoms with Gasteiger partial charge in [0, 0.05) is 25.4 Å². The van der Waals surface area contributed by atoms with Crippen molar-refractivity contribution in [1.29, 1.82) is 0 Å². The Labute approximate surface area is 99.4 Å². The van der Waals surface area contributed by atoms with Crippen LogP contribution < -0.4 is 16.8 Å². The molecule has 1 heterocycles. The van der Waals surface area contributed by atoms with Crippen LogP contribution in [-0.4, -0.2) is 22.8 Å². The number of rotatable bonds is 6. The number of pyridine rings is 1. The maximum atomic E-state index is 11.5. The molecule has 0 saturated carbocycles. The monoisotopic (exact) mass is 236 g/mol. The minimum atomic E-state index is -0.704. The Kier molecular flexibility index (Phi) is 5.09. The number of aromatic nitrogens is 1. The minimum absolute atomic E-state index is 0.115. The van der Waals surface area contributed by atoms with Gasteiger partial charge in [-0.15, -0.1) is 0 Å². The Morgan fingerprint density at radius 1 is 1.35 bits per heavy atom. The summed E-state index contributed by atoms with van der Waals surface area (Å²) in [5.74, 6) is -0.745. The van der Waals surface area contributed by atoms with Crippen molar-refractivity contribution in [2.45, 2.75) is 25.4 Å². The Morgan fingerprint density at radius 3 is 2.59 bits per heavy atom. The molecule has 1 aromatic heterocycles. The molecule has 0 aliphatic heterocycles. The van der Waals surface area contributed by atoms with Gasteiger partial charge in [-0.1, -0.05) is 0 Å². The Hall–Kier alpha value is -1.95. The number of hydrogen-bond acceptors (Lipinski definition) is 4. The zero-order valence-corrected chi connectivity index (χ0v) is 9.43. The smallest absolute Gasteiger partial charge is 0.237 e. The molecule has 0 bridgehead atoms. The van der Waals surface area contributed by atoms with E-state index in [1.54, 1.807) is 24.5 Å². The molecular formula is C11H16N4O2. The number of nitrogens with two attached hydrogens (primary N) is 2. The highest BCUT2D eigenvalue weighted by Gasteiger charge is 2.13. The van der Waals surface area contributed by atoms with Crippen LogP contribution >= 0.6 is 0 Å². The summed E-state index contributed by atoms with van der Waals surface area (Å²) in [5, 5.41) is 2.68. The predicted octanol–water partition coefficient (Wildman–Crippen LogP) is -0.709. The second kappa shape index (κ2) is 6.59. The fraction of sp³-hybridized carbons (Fsp3) is 0.364. The van der Waals surface area contributed by atoms with Crippen molar-refractivity contribution in [1.82, 2.24) is 10.3 Å². The van der Waals surface area contributed by atoms with E-state index in [0.717, 1.165) is 5.56 Å². The van der Waals surface area contributed by atoms with E-state index in [4.69, 9.17) is 11.5 Å². The fourth-order valence-electron chi connectivity index (χ4n) is 1.25. The second-order valence-electron chi connectivity index (χ2n) is 3.68. The van der Waals surface area contributed by atoms with Crippen LogP contribution in [0.25, 0.3) is 0 Å². The Morgan fingerprint density at radius 2 is 2.00 bits per heavy atom. The molecule has 6 nitrogen and oxygen atoms in total. The van der Waals surface area contributed by atoms with Crippen LogP contribution in [0.2, 0.25) is 0 Å². The van der Waals surface area contributed by atoms with Crippen LogP contribution in [-0.2, 0) is 16.1 Å². The summed E-state index contributed by atoms with van der Waals surface area (Å²) in [6, 6.07) is 2.90. The molecule has 92 valence electrons. The molecule has 1 aromatic rings. The van der Waals surface area contributed by atoms with Crippen LogP contribution in [0.15, 0.2) is 24.5 Å². The number of carbonyl (C=O) groups is 2. The van der Waals surface area contributed by atoms with E-state index < -0.39 is 11.9 Å². The van der Waals surface area contributed by atoms with Gasteiger partial charge in [0.05, 0.1) is 6.04 Å². The van der Waals surface area contributed by atoms with Crippen molar-refractivity contribution in [3.63, 3.8) is 0 Å². The van der Waals surface area contributed by atoms with Gasteiger partial charge in [-0.2, -0.15) is 0 Å². The first-order valence-corrected chi connectivity index (χ1v) is 5.30. The van der Waals surface area contributed by atoms with Gasteiger partial charge in [-0.25, -0.2) is 0 Å². The number of hydrogen-bond donors (Lipinski definition) is 3. The largest absolute Gasteiger partial charge is 0.370 e. The molecule has 17 heavy (non-hydrogen) atoms. The first-order valence-electron chi connectivity index (χ1n) is 5.30. The molecule has 0 fully saturated rings. The summed E-state index contributed by atoms with van der Waals surface area (Å²) in [5.41, 5.74) is 11.5. The molecule has 0 radical (unpaired) electrons.